The Balaban J connectivity index is 1.34. The molecule has 5 rings (SSSR count). The Labute approximate surface area is 205 Å². The van der Waals surface area contributed by atoms with Gasteiger partial charge in [-0.3, -0.25) is 9.59 Å². The normalized spacial score (nSPS) is 14.4. The number of nitrogens with one attached hydrogen (secondary N) is 4. The molecular formula is C23H19ClN6O4S. The van der Waals surface area contributed by atoms with E-state index in [1.165, 1.54) is 6.33 Å². The molecule has 0 aliphatic carbocycles. The molecule has 10 nitrogen and oxygen atoms in total. The van der Waals surface area contributed by atoms with Crippen molar-refractivity contribution in [1.82, 2.24) is 20.3 Å². The second-order valence-electron chi connectivity index (χ2n) is 7.73. The van der Waals surface area contributed by atoms with Crippen LogP contribution in [0.1, 0.15) is 16.1 Å². The van der Waals surface area contributed by atoms with Crippen LogP contribution >= 0.6 is 11.6 Å². The topological polar surface area (TPSA) is 138 Å². The molecule has 2 amide bonds. The third-order valence-electron chi connectivity index (χ3n) is 5.28. The Bertz CT molecular complexity index is 1570. The third kappa shape index (κ3) is 4.63. The summed E-state index contributed by atoms with van der Waals surface area (Å²) in [6.45, 7) is 0.172. The molecule has 1 unspecified atom stereocenters. The zero-order valence-electron chi connectivity index (χ0n) is 18.1. The number of ether oxygens (including phenoxy) is 1. The number of fused-ring (bicyclic) bond motifs is 2. The fraction of sp³-hybridized carbons (Fsp3) is 0.0870. The molecule has 2 aromatic heterocycles. The highest BCUT2D eigenvalue weighted by atomic mass is 35.5. The summed E-state index contributed by atoms with van der Waals surface area (Å²) in [6.07, 6.45) is 2.82. The van der Waals surface area contributed by atoms with Crippen LogP contribution in [0.25, 0.3) is 11.0 Å². The van der Waals surface area contributed by atoms with Crippen molar-refractivity contribution in [1.29, 1.82) is 0 Å². The van der Waals surface area contributed by atoms with Crippen molar-refractivity contribution in [2.75, 3.05) is 16.6 Å². The molecule has 0 radical (unpaired) electrons. The highest BCUT2D eigenvalue weighted by molar-refractivity contribution is 8.01. The van der Waals surface area contributed by atoms with Crippen molar-refractivity contribution in [2.45, 2.75) is 11.4 Å². The van der Waals surface area contributed by atoms with Gasteiger partial charge in [-0.1, -0.05) is 17.7 Å². The predicted octanol–water partition coefficient (Wildman–Crippen LogP) is 2.97. The first-order valence-corrected chi connectivity index (χ1v) is 12.5. The summed E-state index contributed by atoms with van der Waals surface area (Å²) >= 11 is 5.92. The highest BCUT2D eigenvalue weighted by Crippen LogP contribution is 2.29. The SMILES string of the molecule is C=S(=O)(Nc1c[nH]c2c(C(=O)NCc3ccc4c(c3)NC(=O)CO4)ncnc12)c1ccc(Cl)cc1. The van der Waals surface area contributed by atoms with E-state index >= 15 is 0 Å². The highest BCUT2D eigenvalue weighted by Gasteiger charge is 2.19. The molecule has 0 bridgehead atoms. The first-order chi connectivity index (χ1) is 16.8. The van der Waals surface area contributed by atoms with Crippen molar-refractivity contribution in [2.24, 2.45) is 0 Å². The number of anilines is 2. The molecule has 35 heavy (non-hydrogen) atoms. The minimum absolute atomic E-state index is 0.0253. The maximum atomic E-state index is 13.2. The molecule has 0 saturated heterocycles. The van der Waals surface area contributed by atoms with Crippen LogP contribution in [0.3, 0.4) is 0 Å². The predicted molar refractivity (Wildman–Crippen MR) is 134 cm³/mol. The minimum atomic E-state index is -2.91. The lowest BCUT2D eigenvalue weighted by Crippen LogP contribution is -2.26. The van der Waals surface area contributed by atoms with E-state index in [1.54, 1.807) is 48.7 Å². The van der Waals surface area contributed by atoms with Crippen LogP contribution < -0.4 is 20.1 Å². The Morgan fingerprint density at radius 1 is 1.20 bits per heavy atom. The summed E-state index contributed by atoms with van der Waals surface area (Å²) in [5, 5.41) is 6.07. The van der Waals surface area contributed by atoms with Gasteiger partial charge in [-0.2, -0.15) is 0 Å². The smallest absolute Gasteiger partial charge is 0.272 e. The number of amides is 2. The number of carbonyl (C=O) groups excluding carboxylic acids is 2. The van der Waals surface area contributed by atoms with Crippen molar-refractivity contribution in [3.63, 3.8) is 0 Å². The second kappa shape index (κ2) is 8.93. The summed E-state index contributed by atoms with van der Waals surface area (Å²) in [6, 6.07) is 11.8. The quantitative estimate of drug-likeness (QED) is 0.294. The van der Waals surface area contributed by atoms with Gasteiger partial charge < -0.3 is 25.1 Å². The van der Waals surface area contributed by atoms with E-state index in [0.29, 0.717) is 38.1 Å². The van der Waals surface area contributed by atoms with Crippen LogP contribution in [-0.2, 0) is 21.0 Å². The van der Waals surface area contributed by atoms with Crippen molar-refractivity contribution in [3.05, 3.63) is 71.3 Å². The van der Waals surface area contributed by atoms with E-state index in [-0.39, 0.29) is 24.8 Å². The number of hydrogen-bond donors (Lipinski definition) is 4. The molecular weight excluding hydrogens is 492 g/mol. The van der Waals surface area contributed by atoms with Gasteiger partial charge in [0.1, 0.15) is 17.6 Å². The van der Waals surface area contributed by atoms with Crippen LogP contribution in [0.2, 0.25) is 5.02 Å². The molecule has 2 aromatic carbocycles. The molecule has 4 aromatic rings. The molecule has 1 atom stereocenters. The largest absolute Gasteiger partial charge is 0.482 e. The van der Waals surface area contributed by atoms with Gasteiger partial charge in [0.05, 0.1) is 26.6 Å². The van der Waals surface area contributed by atoms with Crippen LogP contribution in [0, 0.1) is 0 Å². The monoisotopic (exact) mass is 510 g/mol. The summed E-state index contributed by atoms with van der Waals surface area (Å²) in [7, 11) is -2.91. The van der Waals surface area contributed by atoms with Gasteiger partial charge in [0.15, 0.2) is 12.3 Å². The number of halogens is 1. The first kappa shape index (κ1) is 22.7. The average Bonchev–Trinajstić information content (AvgIpc) is 3.24. The van der Waals surface area contributed by atoms with Gasteiger partial charge >= 0.3 is 0 Å². The number of rotatable bonds is 6. The zero-order valence-corrected chi connectivity index (χ0v) is 19.7. The van der Waals surface area contributed by atoms with Crippen LogP contribution in [0.5, 0.6) is 5.75 Å². The molecule has 12 heteroatoms. The maximum absolute atomic E-state index is 13.2. The maximum Gasteiger partial charge on any atom is 0.272 e. The van der Waals surface area contributed by atoms with Gasteiger partial charge in [0.25, 0.3) is 11.8 Å². The molecule has 0 saturated carbocycles. The molecule has 3 heterocycles. The van der Waals surface area contributed by atoms with Crippen molar-refractivity contribution < 1.29 is 18.5 Å². The number of aromatic amines is 1. The lowest BCUT2D eigenvalue weighted by atomic mass is 10.1. The van der Waals surface area contributed by atoms with Crippen LogP contribution in [0.15, 0.2) is 59.9 Å². The molecule has 0 spiro atoms. The number of nitrogens with zero attached hydrogens (tertiary/aromatic N) is 2. The summed E-state index contributed by atoms with van der Waals surface area (Å²) in [5.41, 5.74) is 2.63. The fourth-order valence-electron chi connectivity index (χ4n) is 3.59. The van der Waals surface area contributed by atoms with E-state index in [4.69, 9.17) is 16.3 Å². The molecule has 1 aliphatic rings. The van der Waals surface area contributed by atoms with E-state index in [9.17, 15) is 13.8 Å². The van der Waals surface area contributed by atoms with Crippen LogP contribution in [0.4, 0.5) is 11.4 Å². The molecule has 0 fully saturated rings. The number of benzene rings is 2. The number of hydrogen-bond acceptors (Lipinski definition) is 6. The number of H-pyrrole nitrogens is 1. The van der Waals surface area contributed by atoms with E-state index in [2.05, 4.69) is 36.2 Å². The average molecular weight is 511 g/mol. The van der Waals surface area contributed by atoms with Gasteiger partial charge in [-0.05, 0) is 47.8 Å². The van der Waals surface area contributed by atoms with E-state index in [0.717, 1.165) is 5.56 Å². The Hall–Kier alpha value is -4.09. The van der Waals surface area contributed by atoms with Gasteiger partial charge in [0.2, 0.25) is 0 Å². The first-order valence-electron chi connectivity index (χ1n) is 10.4. The molecule has 1 aliphatic heterocycles. The van der Waals surface area contributed by atoms with Gasteiger partial charge in [0, 0.05) is 22.7 Å². The summed E-state index contributed by atoms with van der Waals surface area (Å²) in [4.78, 5) is 36.2. The van der Waals surface area contributed by atoms with Gasteiger partial charge in [-0.15, -0.1) is 0 Å². The van der Waals surface area contributed by atoms with E-state index < -0.39 is 15.6 Å². The Kier molecular flexibility index (Phi) is 5.79. The number of aromatic nitrogens is 3. The zero-order chi connectivity index (χ0) is 24.6. The second-order valence-corrected chi connectivity index (χ2v) is 10.2. The van der Waals surface area contributed by atoms with Gasteiger partial charge in [-0.25, -0.2) is 14.2 Å². The Morgan fingerprint density at radius 2 is 2.00 bits per heavy atom. The van der Waals surface area contributed by atoms with E-state index in [1.807, 2.05) is 0 Å². The standard InChI is InChI=1S/C23H19ClN6O4S/c1-35(33,15-5-3-14(24)4-6-15)30-17-10-25-21-20(17)27-12-28-22(21)23(32)26-9-13-2-7-18-16(8-13)29-19(31)11-34-18/h2-8,10,12,25H,1,9,11H2,(H,26,32)(H,29,31)(H,30,33). The lowest BCUT2D eigenvalue weighted by molar-refractivity contribution is -0.118. The van der Waals surface area contributed by atoms with Crippen LogP contribution in [-0.4, -0.2) is 43.5 Å². The molecule has 4 N–H and O–H groups in total. The van der Waals surface area contributed by atoms with Crippen molar-refractivity contribution in [3.8, 4) is 5.75 Å². The molecule has 178 valence electrons. The third-order valence-corrected chi connectivity index (χ3v) is 7.11. The Morgan fingerprint density at radius 3 is 2.80 bits per heavy atom. The number of carbonyl (C=O) groups is 2. The minimum Gasteiger partial charge on any atom is -0.482 e. The lowest BCUT2D eigenvalue weighted by Gasteiger charge is -2.18. The summed E-state index contributed by atoms with van der Waals surface area (Å²) < 4.78 is 21.4. The van der Waals surface area contributed by atoms with Crippen molar-refractivity contribution >= 4 is 61.4 Å². The fourth-order valence-corrected chi connectivity index (χ4v) is 4.92. The summed E-state index contributed by atoms with van der Waals surface area (Å²) in [5.74, 6) is 3.71.